The van der Waals surface area contributed by atoms with Crippen molar-refractivity contribution in [2.75, 3.05) is 0 Å². The van der Waals surface area contributed by atoms with Crippen LogP contribution < -0.4 is 0 Å². The van der Waals surface area contributed by atoms with E-state index in [4.69, 9.17) is 11.6 Å². The third-order valence-electron chi connectivity index (χ3n) is 2.48. The van der Waals surface area contributed by atoms with Crippen LogP contribution in [0.4, 0.5) is 0 Å². The third kappa shape index (κ3) is 2.39. The first-order valence-corrected chi connectivity index (χ1v) is 5.80. The Labute approximate surface area is 105 Å². The van der Waals surface area contributed by atoms with Crippen molar-refractivity contribution in [3.63, 3.8) is 0 Å². The second-order valence-corrected chi connectivity index (χ2v) is 4.56. The molecule has 1 aromatic heterocycles. The summed E-state index contributed by atoms with van der Waals surface area (Å²) in [5.41, 5.74) is 2.31. The fourth-order valence-electron chi connectivity index (χ4n) is 1.73. The molecule has 0 atom stereocenters. The topological polar surface area (TPSA) is 34.9 Å². The van der Waals surface area contributed by atoms with Crippen LogP contribution >= 0.6 is 11.6 Å². The zero-order valence-corrected chi connectivity index (χ0v) is 10.5. The van der Waals surface area contributed by atoms with E-state index in [0.29, 0.717) is 10.7 Å². The van der Waals surface area contributed by atoms with Crippen molar-refractivity contribution in [3.8, 4) is 11.3 Å². The molecule has 17 heavy (non-hydrogen) atoms. The van der Waals surface area contributed by atoms with Gasteiger partial charge in [-0.05, 0) is 32.0 Å². The molecule has 0 spiro atoms. The van der Waals surface area contributed by atoms with E-state index in [1.165, 1.54) is 0 Å². The number of carbonyl (C=O) groups is 1. The average molecular weight is 249 g/mol. The van der Waals surface area contributed by atoms with Gasteiger partial charge in [-0.3, -0.25) is 9.48 Å². The molecule has 0 amide bonds. The largest absolute Gasteiger partial charge is 0.296 e. The lowest BCUT2D eigenvalue weighted by Crippen LogP contribution is -2.05. The van der Waals surface area contributed by atoms with Gasteiger partial charge in [-0.25, -0.2) is 0 Å². The monoisotopic (exact) mass is 248 g/mol. The van der Waals surface area contributed by atoms with Gasteiger partial charge in [0, 0.05) is 16.6 Å². The van der Waals surface area contributed by atoms with Crippen LogP contribution in [-0.4, -0.2) is 16.1 Å². The van der Waals surface area contributed by atoms with Gasteiger partial charge in [0.15, 0.2) is 6.29 Å². The Hall–Kier alpha value is -1.61. The zero-order valence-electron chi connectivity index (χ0n) is 9.72. The summed E-state index contributed by atoms with van der Waals surface area (Å²) in [4.78, 5) is 10.8. The molecule has 1 aromatic carbocycles. The second-order valence-electron chi connectivity index (χ2n) is 4.12. The van der Waals surface area contributed by atoms with Crippen molar-refractivity contribution in [2.24, 2.45) is 0 Å². The average Bonchev–Trinajstić information content (AvgIpc) is 2.73. The minimum Gasteiger partial charge on any atom is -0.296 e. The molecule has 0 N–H and O–H groups in total. The van der Waals surface area contributed by atoms with Crippen LogP contribution in [0.1, 0.15) is 30.4 Å². The van der Waals surface area contributed by atoms with Crippen LogP contribution in [0.3, 0.4) is 0 Å². The number of carbonyl (C=O) groups excluding carboxylic acids is 1. The standard InChI is InChI=1S/C13H13ClN2O/c1-9(2)16-13(7-12(8-17)15-16)10-4-3-5-11(14)6-10/h3-9H,1-2H3. The van der Waals surface area contributed by atoms with Crippen molar-refractivity contribution in [1.82, 2.24) is 9.78 Å². The number of nitrogens with zero attached hydrogens (tertiary/aromatic N) is 2. The van der Waals surface area contributed by atoms with Gasteiger partial charge in [0.1, 0.15) is 5.69 Å². The van der Waals surface area contributed by atoms with Gasteiger partial charge in [0.05, 0.1) is 5.69 Å². The van der Waals surface area contributed by atoms with Gasteiger partial charge in [-0.15, -0.1) is 0 Å². The number of hydrogen-bond acceptors (Lipinski definition) is 2. The van der Waals surface area contributed by atoms with Crippen LogP contribution in [0.15, 0.2) is 30.3 Å². The van der Waals surface area contributed by atoms with Gasteiger partial charge in [-0.1, -0.05) is 23.7 Å². The molecule has 0 aliphatic carbocycles. The molecule has 88 valence electrons. The maximum atomic E-state index is 10.8. The van der Waals surface area contributed by atoms with E-state index in [2.05, 4.69) is 5.10 Å². The summed E-state index contributed by atoms with van der Waals surface area (Å²) in [6.45, 7) is 4.05. The van der Waals surface area contributed by atoms with Gasteiger partial charge in [0.25, 0.3) is 0 Å². The Morgan fingerprint density at radius 2 is 2.12 bits per heavy atom. The molecule has 0 saturated heterocycles. The normalized spacial score (nSPS) is 10.8. The quantitative estimate of drug-likeness (QED) is 0.778. The zero-order chi connectivity index (χ0) is 12.4. The summed E-state index contributed by atoms with van der Waals surface area (Å²) >= 11 is 5.97. The van der Waals surface area contributed by atoms with E-state index >= 15 is 0 Å². The lowest BCUT2D eigenvalue weighted by Gasteiger charge is -2.10. The Morgan fingerprint density at radius 1 is 1.35 bits per heavy atom. The van der Waals surface area contributed by atoms with Crippen molar-refractivity contribution in [2.45, 2.75) is 19.9 Å². The van der Waals surface area contributed by atoms with E-state index in [1.807, 2.05) is 42.8 Å². The Morgan fingerprint density at radius 3 is 2.71 bits per heavy atom. The van der Waals surface area contributed by atoms with Crippen molar-refractivity contribution >= 4 is 17.9 Å². The Kier molecular flexibility index (Phi) is 3.29. The molecule has 0 radical (unpaired) electrons. The van der Waals surface area contributed by atoms with Gasteiger partial charge < -0.3 is 0 Å². The second kappa shape index (κ2) is 4.72. The summed E-state index contributed by atoms with van der Waals surface area (Å²) in [5, 5.41) is 4.91. The highest BCUT2D eigenvalue weighted by molar-refractivity contribution is 6.30. The number of aromatic nitrogens is 2. The van der Waals surface area contributed by atoms with E-state index < -0.39 is 0 Å². The van der Waals surface area contributed by atoms with E-state index in [1.54, 1.807) is 6.07 Å². The Balaban J connectivity index is 2.57. The summed E-state index contributed by atoms with van der Waals surface area (Å²) in [6, 6.07) is 9.50. The van der Waals surface area contributed by atoms with Gasteiger partial charge in [-0.2, -0.15) is 5.10 Å². The summed E-state index contributed by atoms with van der Waals surface area (Å²) < 4.78 is 1.83. The molecule has 4 heteroatoms. The third-order valence-corrected chi connectivity index (χ3v) is 2.72. The highest BCUT2D eigenvalue weighted by Gasteiger charge is 2.12. The highest BCUT2D eigenvalue weighted by atomic mass is 35.5. The first-order chi connectivity index (χ1) is 8.11. The van der Waals surface area contributed by atoms with Crippen LogP contribution in [0.5, 0.6) is 0 Å². The number of hydrogen-bond donors (Lipinski definition) is 0. The minimum atomic E-state index is 0.192. The van der Waals surface area contributed by atoms with Gasteiger partial charge >= 0.3 is 0 Å². The van der Waals surface area contributed by atoms with Gasteiger partial charge in [0.2, 0.25) is 0 Å². The first-order valence-electron chi connectivity index (χ1n) is 5.42. The maximum absolute atomic E-state index is 10.8. The Bertz CT molecular complexity index is 546. The fourth-order valence-corrected chi connectivity index (χ4v) is 1.92. The number of halogens is 1. The summed E-state index contributed by atoms with van der Waals surface area (Å²) in [7, 11) is 0. The predicted molar refractivity (Wildman–Crippen MR) is 68.4 cm³/mol. The van der Waals surface area contributed by atoms with Crippen LogP contribution in [-0.2, 0) is 0 Å². The molecule has 0 fully saturated rings. The predicted octanol–water partition coefficient (Wildman–Crippen LogP) is 3.60. The molecule has 2 rings (SSSR count). The summed E-state index contributed by atoms with van der Waals surface area (Å²) in [5.74, 6) is 0. The van der Waals surface area contributed by atoms with Crippen molar-refractivity contribution in [1.29, 1.82) is 0 Å². The van der Waals surface area contributed by atoms with Crippen LogP contribution in [0.25, 0.3) is 11.3 Å². The molecule has 2 aromatic rings. The fraction of sp³-hybridized carbons (Fsp3) is 0.231. The van der Waals surface area contributed by atoms with Crippen LogP contribution in [0, 0.1) is 0 Å². The summed E-state index contributed by atoms with van der Waals surface area (Å²) in [6.07, 6.45) is 0.757. The molecular weight excluding hydrogens is 236 g/mol. The molecule has 0 saturated carbocycles. The van der Waals surface area contributed by atoms with Crippen molar-refractivity contribution in [3.05, 3.63) is 41.0 Å². The molecule has 3 nitrogen and oxygen atoms in total. The van der Waals surface area contributed by atoms with E-state index in [9.17, 15) is 4.79 Å². The molecular formula is C13H13ClN2O. The number of benzene rings is 1. The number of rotatable bonds is 3. The first kappa shape index (κ1) is 11.9. The SMILES string of the molecule is CC(C)n1nc(C=O)cc1-c1cccc(Cl)c1. The highest BCUT2D eigenvalue weighted by Crippen LogP contribution is 2.25. The smallest absolute Gasteiger partial charge is 0.170 e. The van der Waals surface area contributed by atoms with Crippen LogP contribution in [0.2, 0.25) is 5.02 Å². The molecule has 0 aliphatic heterocycles. The maximum Gasteiger partial charge on any atom is 0.170 e. The minimum absolute atomic E-state index is 0.192. The molecule has 0 bridgehead atoms. The van der Waals surface area contributed by atoms with E-state index in [-0.39, 0.29) is 6.04 Å². The molecule has 1 heterocycles. The number of aldehydes is 1. The van der Waals surface area contributed by atoms with E-state index in [0.717, 1.165) is 17.5 Å². The lowest BCUT2D eigenvalue weighted by molar-refractivity contribution is 0.111. The lowest BCUT2D eigenvalue weighted by atomic mass is 10.1. The van der Waals surface area contributed by atoms with Crippen molar-refractivity contribution < 1.29 is 4.79 Å². The molecule has 0 aliphatic rings. The molecule has 0 unspecified atom stereocenters.